The van der Waals surface area contributed by atoms with Gasteiger partial charge in [-0.2, -0.15) is 0 Å². The molecule has 10 heteroatoms. The zero-order valence-electron chi connectivity index (χ0n) is 19.5. The van der Waals surface area contributed by atoms with E-state index in [1.54, 1.807) is 36.4 Å². The lowest BCUT2D eigenvalue weighted by atomic mass is 10.0. The third kappa shape index (κ3) is 6.83. The van der Waals surface area contributed by atoms with Crippen molar-refractivity contribution >= 4 is 28.8 Å². The predicted octanol–water partition coefficient (Wildman–Crippen LogP) is 4.11. The molecule has 3 aromatic rings. The number of aromatic nitrogens is 2. The van der Waals surface area contributed by atoms with Gasteiger partial charge in [0.25, 0.3) is 11.8 Å². The summed E-state index contributed by atoms with van der Waals surface area (Å²) in [6, 6.07) is 13.3. The molecule has 1 saturated heterocycles. The van der Waals surface area contributed by atoms with Gasteiger partial charge in [-0.25, -0.2) is 4.39 Å². The van der Waals surface area contributed by atoms with Crippen molar-refractivity contribution in [2.24, 2.45) is 0 Å². The van der Waals surface area contributed by atoms with Crippen LogP contribution in [0.1, 0.15) is 51.4 Å². The van der Waals surface area contributed by atoms with E-state index in [0.29, 0.717) is 28.9 Å². The van der Waals surface area contributed by atoms with Crippen molar-refractivity contribution in [3.63, 3.8) is 0 Å². The summed E-state index contributed by atoms with van der Waals surface area (Å²) in [6.07, 6.45) is 3.72. The molecule has 2 N–H and O–H groups in total. The smallest absolute Gasteiger partial charge is 0.286 e. The molecule has 0 unspecified atom stereocenters. The Morgan fingerprint density at radius 1 is 1.11 bits per heavy atom. The average Bonchev–Trinajstić information content (AvgIpc) is 3.35. The minimum Gasteiger partial charge on any atom is -0.486 e. The molecule has 0 radical (unpaired) electrons. The van der Waals surface area contributed by atoms with E-state index in [0.717, 1.165) is 24.4 Å². The molecule has 1 aliphatic rings. The molecule has 8 nitrogen and oxygen atoms in total. The number of likely N-dealkylation sites (tertiary alicyclic amines) is 1. The standard InChI is InChI=1S/C25H28FN5O3S/c1-17-6-4-5-14-31(17)15-13-27-23(32)18-9-11-19(12-10-18)34-16-22-29-30-25(35-22)24(33)28-21-8-3-2-7-20(21)26/h2-3,7-12,17H,4-6,13-16H2,1H3,(H,27,32)(H,28,33)/t17-/m1/s1. The van der Waals surface area contributed by atoms with Gasteiger partial charge in [-0.3, -0.25) is 14.5 Å². The Hall–Kier alpha value is -3.37. The summed E-state index contributed by atoms with van der Waals surface area (Å²) in [5.41, 5.74) is 0.641. The van der Waals surface area contributed by atoms with Gasteiger partial charge in [0.15, 0.2) is 5.01 Å². The molecule has 1 aromatic heterocycles. The number of anilines is 1. The molecule has 2 heterocycles. The Morgan fingerprint density at radius 2 is 1.91 bits per heavy atom. The van der Waals surface area contributed by atoms with Crippen molar-refractivity contribution in [3.8, 4) is 5.75 Å². The fourth-order valence-electron chi connectivity index (χ4n) is 3.89. The molecule has 4 rings (SSSR count). The van der Waals surface area contributed by atoms with Crippen molar-refractivity contribution in [1.29, 1.82) is 0 Å². The van der Waals surface area contributed by atoms with Crippen LogP contribution < -0.4 is 15.4 Å². The van der Waals surface area contributed by atoms with Crippen LogP contribution in [-0.2, 0) is 6.61 Å². The number of carbonyl (C=O) groups is 2. The second kappa shape index (κ2) is 11.9. The molecule has 0 bridgehead atoms. The molecule has 2 amide bonds. The van der Waals surface area contributed by atoms with Crippen LogP contribution in [0, 0.1) is 5.82 Å². The van der Waals surface area contributed by atoms with E-state index in [2.05, 4.69) is 32.7 Å². The normalized spacial score (nSPS) is 16.0. The van der Waals surface area contributed by atoms with Gasteiger partial charge >= 0.3 is 0 Å². The average molecular weight is 498 g/mol. The van der Waals surface area contributed by atoms with Crippen molar-refractivity contribution in [3.05, 3.63) is 69.9 Å². The molecule has 2 aromatic carbocycles. The number of hydrogen-bond acceptors (Lipinski definition) is 7. The third-order valence-electron chi connectivity index (χ3n) is 5.89. The predicted molar refractivity (Wildman–Crippen MR) is 132 cm³/mol. The van der Waals surface area contributed by atoms with E-state index in [9.17, 15) is 14.0 Å². The maximum atomic E-state index is 13.7. The van der Waals surface area contributed by atoms with E-state index in [4.69, 9.17) is 4.74 Å². The second-order valence-corrected chi connectivity index (χ2v) is 9.45. The molecule has 0 aliphatic carbocycles. The molecule has 0 saturated carbocycles. The first-order valence-electron chi connectivity index (χ1n) is 11.6. The number of nitrogens with one attached hydrogen (secondary N) is 2. The maximum absolute atomic E-state index is 13.7. The first kappa shape index (κ1) is 24.7. The fourth-order valence-corrected chi connectivity index (χ4v) is 4.54. The molecular weight excluding hydrogens is 469 g/mol. The first-order valence-corrected chi connectivity index (χ1v) is 12.4. The van der Waals surface area contributed by atoms with Crippen molar-refractivity contribution in [2.75, 3.05) is 25.0 Å². The number of hydrogen-bond donors (Lipinski definition) is 2. The molecule has 1 fully saturated rings. The molecular formula is C25H28FN5O3S. The Balaban J connectivity index is 1.22. The lowest BCUT2D eigenvalue weighted by Gasteiger charge is -2.33. The lowest BCUT2D eigenvalue weighted by molar-refractivity contribution is 0.0937. The number of amides is 2. The van der Waals surface area contributed by atoms with Crippen molar-refractivity contribution in [1.82, 2.24) is 20.4 Å². The monoisotopic (exact) mass is 497 g/mol. The number of carbonyl (C=O) groups excluding carboxylic acids is 2. The zero-order valence-corrected chi connectivity index (χ0v) is 20.3. The Morgan fingerprint density at radius 3 is 2.69 bits per heavy atom. The maximum Gasteiger partial charge on any atom is 0.286 e. The first-order chi connectivity index (χ1) is 17.0. The van der Waals surface area contributed by atoms with Crippen LogP contribution in [-0.4, -0.2) is 52.6 Å². The number of piperidine rings is 1. The molecule has 0 spiro atoms. The number of para-hydroxylation sites is 1. The van der Waals surface area contributed by atoms with E-state index in [1.807, 2.05) is 0 Å². The van der Waals surface area contributed by atoms with Gasteiger partial charge in [-0.05, 0) is 62.7 Å². The van der Waals surface area contributed by atoms with Gasteiger partial charge < -0.3 is 15.4 Å². The summed E-state index contributed by atoms with van der Waals surface area (Å²) in [6.45, 7) is 4.92. The minimum atomic E-state index is -0.538. The van der Waals surface area contributed by atoms with Gasteiger partial charge in [-0.1, -0.05) is 29.9 Å². The number of rotatable bonds is 9. The largest absolute Gasteiger partial charge is 0.486 e. The lowest BCUT2D eigenvalue weighted by Crippen LogP contribution is -2.42. The molecule has 1 aliphatic heterocycles. The highest BCUT2D eigenvalue weighted by atomic mass is 32.1. The highest BCUT2D eigenvalue weighted by molar-refractivity contribution is 7.13. The third-order valence-corrected chi connectivity index (χ3v) is 6.78. The Labute approximate surface area is 207 Å². The quantitative estimate of drug-likeness (QED) is 0.462. The summed E-state index contributed by atoms with van der Waals surface area (Å²) in [4.78, 5) is 27.1. The van der Waals surface area contributed by atoms with Crippen LogP contribution >= 0.6 is 11.3 Å². The summed E-state index contributed by atoms with van der Waals surface area (Å²) in [5, 5.41) is 13.9. The summed E-state index contributed by atoms with van der Waals surface area (Å²) in [7, 11) is 0. The van der Waals surface area contributed by atoms with Crippen molar-refractivity contribution < 1.29 is 18.7 Å². The molecule has 184 valence electrons. The van der Waals surface area contributed by atoms with Crippen LogP contribution in [0.3, 0.4) is 0 Å². The van der Waals surface area contributed by atoms with E-state index < -0.39 is 11.7 Å². The van der Waals surface area contributed by atoms with Crippen LogP contribution in [0.2, 0.25) is 0 Å². The number of nitrogens with zero attached hydrogens (tertiary/aromatic N) is 3. The highest BCUT2D eigenvalue weighted by Crippen LogP contribution is 2.19. The second-order valence-electron chi connectivity index (χ2n) is 8.38. The number of benzene rings is 2. The Kier molecular flexibility index (Phi) is 8.38. The summed E-state index contributed by atoms with van der Waals surface area (Å²) < 4.78 is 19.4. The van der Waals surface area contributed by atoms with Gasteiger partial charge in [0.2, 0.25) is 5.01 Å². The van der Waals surface area contributed by atoms with Crippen LogP contribution in [0.15, 0.2) is 48.5 Å². The Bertz CT molecular complexity index is 1150. The molecule has 35 heavy (non-hydrogen) atoms. The SMILES string of the molecule is C[C@@H]1CCCCN1CCNC(=O)c1ccc(OCc2nnc(C(=O)Nc3ccccc3F)s2)cc1. The summed E-state index contributed by atoms with van der Waals surface area (Å²) >= 11 is 1.06. The summed E-state index contributed by atoms with van der Waals surface area (Å²) in [5.74, 6) is -0.612. The minimum absolute atomic E-state index is 0.0793. The molecule has 1 atom stereocenters. The highest BCUT2D eigenvalue weighted by Gasteiger charge is 2.18. The number of ether oxygens (including phenoxy) is 1. The number of halogens is 1. The zero-order chi connectivity index (χ0) is 24.6. The van der Waals surface area contributed by atoms with Gasteiger partial charge in [-0.15, -0.1) is 10.2 Å². The van der Waals surface area contributed by atoms with Crippen LogP contribution in [0.5, 0.6) is 5.75 Å². The van der Waals surface area contributed by atoms with E-state index in [-0.39, 0.29) is 23.2 Å². The van der Waals surface area contributed by atoms with E-state index in [1.165, 1.54) is 31.4 Å². The topological polar surface area (TPSA) is 96.5 Å². The van der Waals surface area contributed by atoms with Gasteiger partial charge in [0.1, 0.15) is 18.2 Å². The van der Waals surface area contributed by atoms with Crippen LogP contribution in [0.4, 0.5) is 10.1 Å². The van der Waals surface area contributed by atoms with Crippen molar-refractivity contribution in [2.45, 2.75) is 38.8 Å². The van der Waals surface area contributed by atoms with Crippen LogP contribution in [0.25, 0.3) is 0 Å². The van der Waals surface area contributed by atoms with Gasteiger partial charge in [0, 0.05) is 24.7 Å². The van der Waals surface area contributed by atoms with Gasteiger partial charge in [0.05, 0.1) is 5.69 Å². The van der Waals surface area contributed by atoms with E-state index >= 15 is 0 Å². The fraction of sp³-hybridized carbons (Fsp3) is 0.360.